The molecule has 0 heterocycles. The topological polar surface area (TPSA) is 63.6 Å². The van der Waals surface area contributed by atoms with Gasteiger partial charge in [-0.3, -0.25) is 9.59 Å². The van der Waals surface area contributed by atoms with Gasteiger partial charge in [0.05, 0.1) is 13.2 Å². The molecule has 1 aliphatic rings. The Bertz CT molecular complexity index is 341. The van der Waals surface area contributed by atoms with Crippen LogP contribution in [0, 0.1) is 0 Å². The summed E-state index contributed by atoms with van der Waals surface area (Å²) in [4.78, 5) is 22.1. The van der Waals surface area contributed by atoms with E-state index in [0.29, 0.717) is 18.4 Å². The molecule has 0 amide bonds. The molecule has 0 saturated heterocycles. The molecule has 0 saturated carbocycles. The van der Waals surface area contributed by atoms with Crippen LogP contribution in [-0.4, -0.2) is 30.1 Å². The summed E-state index contributed by atoms with van der Waals surface area (Å²) >= 11 is 0. The molecule has 1 rings (SSSR count). The Balaban J connectivity index is 2.16. The largest absolute Gasteiger partial charge is 0.469 e. The van der Waals surface area contributed by atoms with Crippen LogP contribution in [0.3, 0.4) is 0 Å². The first kappa shape index (κ1) is 13.6. The highest BCUT2D eigenvalue weighted by atomic mass is 16.5. The predicted octanol–water partition coefficient (Wildman–Crippen LogP) is 1.54. The summed E-state index contributed by atoms with van der Waals surface area (Å²) in [6, 6.07) is 0. The maximum Gasteiger partial charge on any atom is 0.305 e. The van der Waals surface area contributed by atoms with Crippen LogP contribution in [0.2, 0.25) is 0 Å². The first-order valence-electron chi connectivity index (χ1n) is 5.77. The van der Waals surface area contributed by atoms with Crippen molar-refractivity contribution in [3.05, 3.63) is 23.8 Å². The third kappa shape index (κ3) is 4.95. The minimum Gasteiger partial charge on any atom is -0.469 e. The van der Waals surface area contributed by atoms with Crippen LogP contribution in [0.25, 0.3) is 0 Å². The Morgan fingerprint density at radius 3 is 2.94 bits per heavy atom. The number of unbranched alkanes of at least 4 members (excludes halogenated alkanes) is 1. The summed E-state index contributed by atoms with van der Waals surface area (Å²) in [7, 11) is 1.38. The van der Waals surface area contributed by atoms with Crippen molar-refractivity contribution in [2.75, 3.05) is 7.11 Å². The molecule has 94 valence electrons. The van der Waals surface area contributed by atoms with Gasteiger partial charge in [-0.1, -0.05) is 12.2 Å². The van der Waals surface area contributed by atoms with E-state index in [1.807, 2.05) is 12.2 Å². The fourth-order valence-corrected chi connectivity index (χ4v) is 1.68. The average molecular weight is 238 g/mol. The number of methoxy groups -OCH3 is 1. The molecule has 0 bridgehead atoms. The van der Waals surface area contributed by atoms with Crippen molar-refractivity contribution in [3.8, 4) is 0 Å². The molecular weight excluding hydrogens is 220 g/mol. The van der Waals surface area contributed by atoms with E-state index in [9.17, 15) is 14.7 Å². The molecule has 0 aromatic rings. The molecule has 0 aromatic carbocycles. The second kappa shape index (κ2) is 7.01. The third-order valence-electron chi connectivity index (χ3n) is 2.63. The van der Waals surface area contributed by atoms with Crippen LogP contribution in [-0.2, 0) is 14.3 Å². The molecule has 1 aliphatic carbocycles. The van der Waals surface area contributed by atoms with E-state index in [4.69, 9.17) is 0 Å². The maximum absolute atomic E-state index is 11.3. The number of allylic oxidation sites excluding steroid dienone is 3. The number of carbonyl (C=O) groups excluding carboxylic acids is 2. The van der Waals surface area contributed by atoms with E-state index in [-0.39, 0.29) is 18.2 Å². The summed E-state index contributed by atoms with van der Waals surface area (Å²) in [5.74, 6) is -0.174. The lowest BCUT2D eigenvalue weighted by Crippen LogP contribution is -2.00. The highest BCUT2D eigenvalue weighted by molar-refractivity contribution is 5.98. The van der Waals surface area contributed by atoms with Crippen molar-refractivity contribution >= 4 is 11.8 Å². The van der Waals surface area contributed by atoms with Gasteiger partial charge in [0, 0.05) is 12.8 Å². The number of aliphatic hydroxyl groups excluding tert-OH is 1. The maximum atomic E-state index is 11.3. The minimum atomic E-state index is -0.606. The van der Waals surface area contributed by atoms with Crippen LogP contribution in [0.15, 0.2) is 23.8 Å². The molecule has 4 nitrogen and oxygen atoms in total. The summed E-state index contributed by atoms with van der Waals surface area (Å²) in [6.45, 7) is 0. The lowest BCUT2D eigenvalue weighted by atomic mass is 10.1. The summed E-state index contributed by atoms with van der Waals surface area (Å²) in [5.41, 5.74) is 0.682. The van der Waals surface area contributed by atoms with Gasteiger partial charge in [-0.25, -0.2) is 0 Å². The van der Waals surface area contributed by atoms with Gasteiger partial charge >= 0.3 is 5.97 Å². The van der Waals surface area contributed by atoms with E-state index < -0.39 is 6.10 Å². The molecule has 0 fully saturated rings. The normalized spacial score (nSPS) is 19.8. The van der Waals surface area contributed by atoms with Crippen LogP contribution >= 0.6 is 0 Å². The number of hydrogen-bond acceptors (Lipinski definition) is 4. The summed E-state index contributed by atoms with van der Waals surface area (Å²) in [6.07, 6.45) is 7.59. The van der Waals surface area contributed by atoms with Gasteiger partial charge in [-0.15, -0.1) is 0 Å². The molecule has 0 radical (unpaired) electrons. The number of Topliss-reactive ketones (excluding diaryl/α,β-unsaturated/α-hetero) is 1. The Labute approximate surface area is 101 Å². The van der Waals surface area contributed by atoms with Crippen molar-refractivity contribution in [2.24, 2.45) is 0 Å². The number of carbonyl (C=O) groups is 2. The standard InChI is InChI=1S/C13H18O4/c1-17-13(16)7-5-3-2-4-6-10-8-11(14)9-12(10)15/h2,4,8,11,14H,3,5-7,9H2,1H3/b4-2-/t11-/m0/s1. The van der Waals surface area contributed by atoms with Crippen molar-refractivity contribution in [1.82, 2.24) is 0 Å². The summed E-state index contributed by atoms with van der Waals surface area (Å²) < 4.78 is 4.52. The number of esters is 1. The molecule has 1 N–H and O–H groups in total. The molecule has 17 heavy (non-hydrogen) atoms. The molecule has 0 aromatic heterocycles. The van der Waals surface area contributed by atoms with Crippen molar-refractivity contribution in [1.29, 1.82) is 0 Å². The molecule has 0 unspecified atom stereocenters. The molecule has 0 spiro atoms. The van der Waals surface area contributed by atoms with Crippen molar-refractivity contribution in [3.63, 3.8) is 0 Å². The lowest BCUT2D eigenvalue weighted by molar-refractivity contribution is -0.140. The lowest BCUT2D eigenvalue weighted by Gasteiger charge is -1.96. The Morgan fingerprint density at radius 2 is 2.35 bits per heavy atom. The van der Waals surface area contributed by atoms with E-state index in [1.165, 1.54) is 7.11 Å². The smallest absolute Gasteiger partial charge is 0.305 e. The third-order valence-corrected chi connectivity index (χ3v) is 2.63. The Morgan fingerprint density at radius 1 is 1.59 bits per heavy atom. The zero-order valence-electron chi connectivity index (χ0n) is 10.0. The monoisotopic (exact) mass is 238 g/mol. The molecule has 0 aliphatic heterocycles. The fourth-order valence-electron chi connectivity index (χ4n) is 1.68. The van der Waals surface area contributed by atoms with E-state index in [0.717, 1.165) is 12.8 Å². The second-order valence-corrected chi connectivity index (χ2v) is 4.03. The van der Waals surface area contributed by atoms with Gasteiger partial charge in [-0.2, -0.15) is 0 Å². The number of ketones is 1. The second-order valence-electron chi connectivity index (χ2n) is 4.03. The van der Waals surface area contributed by atoms with Crippen LogP contribution in [0.1, 0.15) is 32.1 Å². The van der Waals surface area contributed by atoms with Gasteiger partial charge in [0.15, 0.2) is 5.78 Å². The van der Waals surface area contributed by atoms with E-state index in [2.05, 4.69) is 4.74 Å². The number of ether oxygens (including phenoxy) is 1. The fraction of sp³-hybridized carbons (Fsp3) is 0.538. The quantitative estimate of drug-likeness (QED) is 0.433. The number of aliphatic hydroxyl groups is 1. The SMILES string of the molecule is COC(=O)CCC/C=C\CC1=C[C@H](O)CC1=O. The van der Waals surface area contributed by atoms with Crippen LogP contribution < -0.4 is 0 Å². The predicted molar refractivity (Wildman–Crippen MR) is 63.3 cm³/mol. The van der Waals surface area contributed by atoms with Gasteiger partial charge in [0.25, 0.3) is 0 Å². The van der Waals surface area contributed by atoms with Gasteiger partial charge in [0.2, 0.25) is 0 Å². The van der Waals surface area contributed by atoms with Crippen molar-refractivity contribution < 1.29 is 19.4 Å². The molecule has 1 atom stereocenters. The van der Waals surface area contributed by atoms with Gasteiger partial charge in [-0.05, 0) is 30.9 Å². The average Bonchev–Trinajstić information content (AvgIpc) is 2.62. The minimum absolute atomic E-state index is 0.0247. The van der Waals surface area contributed by atoms with E-state index >= 15 is 0 Å². The summed E-state index contributed by atoms with van der Waals surface area (Å²) in [5, 5.41) is 9.23. The first-order chi connectivity index (χ1) is 8.13. The van der Waals surface area contributed by atoms with E-state index in [1.54, 1.807) is 6.08 Å². The number of hydrogen-bond donors (Lipinski definition) is 1. The molecular formula is C13H18O4. The number of rotatable bonds is 6. The Kier molecular flexibility index (Phi) is 5.63. The first-order valence-corrected chi connectivity index (χ1v) is 5.77. The Hall–Kier alpha value is -1.42. The highest BCUT2D eigenvalue weighted by Gasteiger charge is 2.20. The van der Waals surface area contributed by atoms with Crippen LogP contribution in [0.4, 0.5) is 0 Å². The van der Waals surface area contributed by atoms with Gasteiger partial charge in [0.1, 0.15) is 0 Å². The highest BCUT2D eigenvalue weighted by Crippen LogP contribution is 2.18. The molecule has 4 heteroatoms. The van der Waals surface area contributed by atoms with Crippen molar-refractivity contribution in [2.45, 2.75) is 38.2 Å². The van der Waals surface area contributed by atoms with Crippen LogP contribution in [0.5, 0.6) is 0 Å². The van der Waals surface area contributed by atoms with Gasteiger partial charge < -0.3 is 9.84 Å². The zero-order chi connectivity index (χ0) is 12.7. The zero-order valence-corrected chi connectivity index (χ0v) is 10.0.